The number of amides is 1. The predicted molar refractivity (Wildman–Crippen MR) is 93.3 cm³/mol. The number of carbonyl (C=O) groups is 1. The van der Waals surface area contributed by atoms with E-state index in [1.165, 1.54) is 6.07 Å². The SMILES string of the molecule is Nc1c(Br)cc(Br)cc1C(=O)N/N=C\[C@H](O)[C@@H](O)[C@H](O)[C@H](O)CO. The summed E-state index contributed by atoms with van der Waals surface area (Å²) in [6, 6.07) is 3.13. The van der Waals surface area contributed by atoms with Crippen LogP contribution < -0.4 is 11.2 Å². The number of aliphatic hydroxyl groups excluding tert-OH is 5. The van der Waals surface area contributed by atoms with E-state index in [9.17, 15) is 25.2 Å². The molecule has 4 atom stereocenters. The molecule has 134 valence electrons. The van der Waals surface area contributed by atoms with Crippen LogP contribution in [0.4, 0.5) is 5.69 Å². The zero-order chi connectivity index (χ0) is 18.4. The lowest BCUT2D eigenvalue weighted by Crippen LogP contribution is -2.46. The quantitative estimate of drug-likeness (QED) is 0.151. The number of nitrogens with two attached hydrogens (primary N) is 1. The summed E-state index contributed by atoms with van der Waals surface area (Å²) in [4.78, 5) is 12.0. The molecule has 1 rings (SSSR count). The van der Waals surface area contributed by atoms with Crippen LogP contribution in [0.3, 0.4) is 0 Å². The van der Waals surface area contributed by atoms with Gasteiger partial charge in [-0.15, -0.1) is 0 Å². The lowest BCUT2D eigenvalue weighted by Gasteiger charge is -2.23. The van der Waals surface area contributed by atoms with Crippen molar-refractivity contribution in [2.45, 2.75) is 24.4 Å². The molecule has 0 aliphatic carbocycles. The fourth-order valence-corrected chi connectivity index (χ4v) is 2.86. The number of nitrogens with zero attached hydrogens (tertiary/aromatic N) is 1. The van der Waals surface area contributed by atoms with E-state index in [2.05, 4.69) is 42.4 Å². The van der Waals surface area contributed by atoms with Gasteiger partial charge in [0.25, 0.3) is 5.91 Å². The predicted octanol–water partition coefficient (Wildman–Crippen LogP) is -1.05. The van der Waals surface area contributed by atoms with E-state index < -0.39 is 36.9 Å². The average molecular weight is 471 g/mol. The Bertz CT molecular complexity index is 616. The molecule has 0 radical (unpaired) electrons. The number of benzene rings is 1. The van der Waals surface area contributed by atoms with E-state index in [-0.39, 0.29) is 11.3 Å². The van der Waals surface area contributed by atoms with Crippen molar-refractivity contribution in [3.8, 4) is 0 Å². The Balaban J connectivity index is 2.71. The first-order chi connectivity index (χ1) is 11.2. The minimum atomic E-state index is -1.81. The third-order valence-corrected chi connectivity index (χ3v) is 4.13. The second-order valence-corrected chi connectivity index (χ2v) is 6.56. The molecule has 0 saturated carbocycles. The van der Waals surface area contributed by atoms with Crippen LogP contribution in [0.5, 0.6) is 0 Å². The van der Waals surface area contributed by atoms with Gasteiger partial charge in [-0.3, -0.25) is 4.79 Å². The number of aliphatic hydroxyl groups is 5. The smallest absolute Gasteiger partial charge is 0.273 e. The maximum Gasteiger partial charge on any atom is 0.273 e. The van der Waals surface area contributed by atoms with E-state index in [4.69, 9.17) is 10.8 Å². The first-order valence-electron chi connectivity index (χ1n) is 6.60. The molecular formula is C13H17Br2N3O6. The summed E-state index contributed by atoms with van der Waals surface area (Å²) in [5.41, 5.74) is 8.18. The van der Waals surface area contributed by atoms with Crippen molar-refractivity contribution in [2.24, 2.45) is 5.10 Å². The highest BCUT2D eigenvalue weighted by atomic mass is 79.9. The zero-order valence-corrected chi connectivity index (χ0v) is 15.3. The maximum absolute atomic E-state index is 12.0. The topological polar surface area (TPSA) is 169 Å². The number of hydrogen-bond donors (Lipinski definition) is 7. The molecule has 0 aliphatic rings. The van der Waals surface area contributed by atoms with Gasteiger partial charge in [-0.25, -0.2) is 5.43 Å². The fourth-order valence-electron chi connectivity index (χ4n) is 1.63. The summed E-state index contributed by atoms with van der Waals surface area (Å²) in [7, 11) is 0. The number of hydrazone groups is 1. The molecule has 0 fully saturated rings. The number of halogens is 2. The highest BCUT2D eigenvalue weighted by Crippen LogP contribution is 2.28. The van der Waals surface area contributed by atoms with Crippen molar-refractivity contribution in [1.29, 1.82) is 0 Å². The van der Waals surface area contributed by atoms with Crippen LogP contribution in [-0.2, 0) is 0 Å². The minimum Gasteiger partial charge on any atom is -0.397 e. The second-order valence-electron chi connectivity index (χ2n) is 4.79. The van der Waals surface area contributed by atoms with Gasteiger partial charge in [-0.05, 0) is 28.1 Å². The van der Waals surface area contributed by atoms with Crippen LogP contribution in [0.15, 0.2) is 26.2 Å². The number of nitrogen functional groups attached to an aromatic ring is 1. The van der Waals surface area contributed by atoms with Crippen LogP contribution in [0.1, 0.15) is 10.4 Å². The molecule has 9 nitrogen and oxygen atoms in total. The van der Waals surface area contributed by atoms with E-state index in [0.29, 0.717) is 8.95 Å². The van der Waals surface area contributed by atoms with Gasteiger partial charge in [0, 0.05) is 8.95 Å². The summed E-state index contributed by atoms with van der Waals surface area (Å²) in [6.07, 6.45) is -6.15. The van der Waals surface area contributed by atoms with Crippen molar-refractivity contribution >= 4 is 49.7 Å². The third kappa shape index (κ3) is 5.48. The number of rotatable bonds is 7. The highest BCUT2D eigenvalue weighted by molar-refractivity contribution is 9.11. The lowest BCUT2D eigenvalue weighted by atomic mass is 10.0. The summed E-state index contributed by atoms with van der Waals surface area (Å²) < 4.78 is 1.11. The summed E-state index contributed by atoms with van der Waals surface area (Å²) in [5, 5.41) is 50.0. The third-order valence-electron chi connectivity index (χ3n) is 3.01. The molecule has 1 aromatic rings. The normalized spacial score (nSPS) is 16.6. The Morgan fingerprint density at radius 1 is 1.25 bits per heavy atom. The molecule has 8 N–H and O–H groups in total. The standard InChI is InChI=1S/C13H17Br2N3O6/c14-5-1-6(10(16)7(15)2-5)13(24)18-17-3-8(20)11(22)12(23)9(21)4-19/h1-3,8-9,11-12,19-23H,4,16H2,(H,18,24)/b17-3-/t8-,9+,11+,12+/m0/s1. The molecule has 24 heavy (non-hydrogen) atoms. The molecule has 0 bridgehead atoms. The lowest BCUT2D eigenvalue weighted by molar-refractivity contribution is -0.0999. The zero-order valence-electron chi connectivity index (χ0n) is 12.2. The van der Waals surface area contributed by atoms with Crippen molar-refractivity contribution in [1.82, 2.24) is 5.43 Å². The first kappa shape index (κ1) is 21.0. The summed E-state index contributed by atoms with van der Waals surface area (Å²) >= 11 is 6.41. The summed E-state index contributed by atoms with van der Waals surface area (Å²) in [5.74, 6) is -0.664. The van der Waals surface area contributed by atoms with Crippen molar-refractivity contribution < 1.29 is 30.3 Å². The van der Waals surface area contributed by atoms with Gasteiger partial charge in [0.2, 0.25) is 0 Å². The fraction of sp³-hybridized carbons (Fsp3) is 0.385. The van der Waals surface area contributed by atoms with Gasteiger partial charge >= 0.3 is 0 Å². The van der Waals surface area contributed by atoms with Gasteiger partial charge in [0.05, 0.1) is 24.1 Å². The maximum atomic E-state index is 12.0. The molecule has 0 saturated heterocycles. The Hall–Kier alpha value is -1.08. The molecule has 1 amide bonds. The van der Waals surface area contributed by atoms with E-state index in [1.54, 1.807) is 6.07 Å². The monoisotopic (exact) mass is 469 g/mol. The van der Waals surface area contributed by atoms with Gasteiger partial charge < -0.3 is 31.3 Å². The van der Waals surface area contributed by atoms with Crippen molar-refractivity contribution in [3.63, 3.8) is 0 Å². The van der Waals surface area contributed by atoms with E-state index >= 15 is 0 Å². The molecule has 11 heteroatoms. The Labute approximate surface area is 154 Å². The molecule has 0 unspecified atom stereocenters. The second kappa shape index (κ2) is 9.42. The molecule has 0 heterocycles. The molecule has 0 spiro atoms. The largest absolute Gasteiger partial charge is 0.397 e. The number of carbonyl (C=O) groups excluding carboxylic acids is 1. The molecular weight excluding hydrogens is 454 g/mol. The van der Waals surface area contributed by atoms with Gasteiger partial charge in [0.15, 0.2) is 0 Å². The first-order valence-corrected chi connectivity index (χ1v) is 8.18. The van der Waals surface area contributed by atoms with Crippen LogP contribution in [-0.4, -0.2) is 68.7 Å². The van der Waals surface area contributed by atoms with Gasteiger partial charge in [-0.2, -0.15) is 5.10 Å². The minimum absolute atomic E-state index is 0.124. The van der Waals surface area contributed by atoms with E-state index in [1.807, 2.05) is 0 Å². The van der Waals surface area contributed by atoms with Crippen molar-refractivity contribution in [3.05, 3.63) is 26.6 Å². The molecule has 0 aliphatic heterocycles. The van der Waals surface area contributed by atoms with Gasteiger partial charge in [0.1, 0.15) is 24.4 Å². The molecule has 1 aromatic carbocycles. The van der Waals surface area contributed by atoms with Crippen molar-refractivity contribution in [2.75, 3.05) is 12.3 Å². The number of anilines is 1. The van der Waals surface area contributed by atoms with Crippen LogP contribution >= 0.6 is 31.9 Å². The van der Waals surface area contributed by atoms with Crippen LogP contribution in [0, 0.1) is 0 Å². The van der Waals surface area contributed by atoms with Crippen LogP contribution in [0.25, 0.3) is 0 Å². The highest BCUT2D eigenvalue weighted by Gasteiger charge is 2.29. The van der Waals surface area contributed by atoms with Crippen LogP contribution in [0.2, 0.25) is 0 Å². The average Bonchev–Trinajstić information content (AvgIpc) is 2.55. The van der Waals surface area contributed by atoms with E-state index in [0.717, 1.165) is 6.21 Å². The number of hydrogen-bond acceptors (Lipinski definition) is 8. The Morgan fingerprint density at radius 3 is 2.46 bits per heavy atom. The number of nitrogens with one attached hydrogen (secondary N) is 1. The molecule has 0 aromatic heterocycles. The Kier molecular flexibility index (Phi) is 8.22. The summed E-state index contributed by atoms with van der Waals surface area (Å²) in [6.45, 7) is -0.796. The Morgan fingerprint density at radius 2 is 1.88 bits per heavy atom. The van der Waals surface area contributed by atoms with Gasteiger partial charge in [-0.1, -0.05) is 15.9 Å².